The molecule has 0 radical (unpaired) electrons. The zero-order valence-electron chi connectivity index (χ0n) is 13.4. The van der Waals surface area contributed by atoms with Crippen LogP contribution in [0.3, 0.4) is 0 Å². The fourth-order valence-electron chi connectivity index (χ4n) is 2.84. The Hall–Kier alpha value is -2.28. The summed E-state index contributed by atoms with van der Waals surface area (Å²) >= 11 is 3.88. The number of carbonyl (C=O) groups excluding carboxylic acids is 2. The van der Waals surface area contributed by atoms with Crippen molar-refractivity contribution in [1.82, 2.24) is 10.3 Å². The summed E-state index contributed by atoms with van der Waals surface area (Å²) in [4.78, 5) is 27.3. The summed E-state index contributed by atoms with van der Waals surface area (Å²) < 4.78 is 11.1. The van der Waals surface area contributed by atoms with E-state index in [1.165, 1.54) is 7.11 Å². The molecule has 0 saturated carbocycles. The molecule has 1 aliphatic rings. The van der Waals surface area contributed by atoms with Crippen molar-refractivity contribution in [2.75, 3.05) is 13.7 Å². The number of ether oxygens (including phenoxy) is 2. The van der Waals surface area contributed by atoms with Gasteiger partial charge < -0.3 is 14.8 Å². The van der Waals surface area contributed by atoms with E-state index < -0.39 is 0 Å². The fraction of sp³-hybridized carbons (Fsp3) is 0.353. The highest BCUT2D eigenvalue weighted by atomic mass is 32.1. The molecule has 24 heavy (non-hydrogen) atoms. The van der Waals surface area contributed by atoms with Gasteiger partial charge in [0.05, 0.1) is 18.7 Å². The van der Waals surface area contributed by atoms with Crippen molar-refractivity contribution in [3.8, 4) is 11.6 Å². The van der Waals surface area contributed by atoms with E-state index in [9.17, 15) is 9.59 Å². The van der Waals surface area contributed by atoms with E-state index >= 15 is 0 Å². The second kappa shape index (κ2) is 6.68. The van der Waals surface area contributed by atoms with E-state index in [0.29, 0.717) is 30.2 Å². The number of fused-ring (bicyclic) bond motifs is 1. The summed E-state index contributed by atoms with van der Waals surface area (Å²) in [5.41, 5.74) is 0.391. The van der Waals surface area contributed by atoms with Crippen LogP contribution in [-0.2, 0) is 4.79 Å². The van der Waals surface area contributed by atoms with Gasteiger partial charge in [0.1, 0.15) is 12.4 Å². The van der Waals surface area contributed by atoms with Crippen LogP contribution in [-0.4, -0.2) is 35.8 Å². The minimum Gasteiger partial charge on any atom is -0.496 e. The molecule has 1 aromatic carbocycles. The molecule has 6 nitrogen and oxygen atoms in total. The minimum absolute atomic E-state index is 0.0326. The van der Waals surface area contributed by atoms with Gasteiger partial charge in [-0.15, -0.1) is 12.6 Å². The standard InChI is InChI=1S/C17H18N2O4S/c1-9-5-15(20)19-13(9)8-23-16-11-7-14(22-2)12(17(21)24)6-10(11)3-4-18-16/h3-4,6-7,9,13H,5,8H2,1-2H3,(H,19,20)(H,21,24)/t9?,13-/m1/s1. The number of hydrogen-bond acceptors (Lipinski definition) is 5. The lowest BCUT2D eigenvalue weighted by atomic mass is 10.0. The molecular formula is C17H18N2O4S. The van der Waals surface area contributed by atoms with E-state index in [4.69, 9.17) is 9.47 Å². The highest BCUT2D eigenvalue weighted by Crippen LogP contribution is 2.31. The van der Waals surface area contributed by atoms with E-state index in [0.717, 1.165) is 10.8 Å². The molecule has 7 heteroatoms. The first-order chi connectivity index (χ1) is 11.5. The number of carbonyl (C=O) groups is 2. The lowest BCUT2D eigenvalue weighted by molar-refractivity contribution is -0.119. The number of rotatable bonds is 5. The first-order valence-electron chi connectivity index (χ1n) is 7.61. The Morgan fingerprint density at radius 3 is 2.88 bits per heavy atom. The molecule has 1 aromatic heterocycles. The van der Waals surface area contributed by atoms with E-state index in [2.05, 4.69) is 22.9 Å². The van der Waals surface area contributed by atoms with Crippen LogP contribution in [0.15, 0.2) is 24.4 Å². The molecular weight excluding hydrogens is 328 g/mol. The monoisotopic (exact) mass is 346 g/mol. The molecule has 2 aromatic rings. The third-order valence-corrected chi connectivity index (χ3v) is 4.46. The van der Waals surface area contributed by atoms with Crippen LogP contribution in [0.2, 0.25) is 0 Å². The molecule has 0 aliphatic carbocycles. The van der Waals surface area contributed by atoms with Crippen LogP contribution in [0.5, 0.6) is 11.6 Å². The third kappa shape index (κ3) is 3.17. The smallest absolute Gasteiger partial charge is 0.221 e. The average molecular weight is 346 g/mol. The van der Waals surface area contributed by atoms with Crippen molar-refractivity contribution in [3.63, 3.8) is 0 Å². The number of pyridine rings is 1. The number of methoxy groups -OCH3 is 1. The van der Waals surface area contributed by atoms with Gasteiger partial charge in [0.15, 0.2) is 0 Å². The second-order valence-corrected chi connectivity index (χ2v) is 6.27. The number of aromatic nitrogens is 1. The summed E-state index contributed by atoms with van der Waals surface area (Å²) in [6, 6.07) is 5.19. The lowest BCUT2D eigenvalue weighted by Gasteiger charge is -2.17. The molecule has 1 aliphatic heterocycles. The maximum absolute atomic E-state index is 11.6. The average Bonchev–Trinajstić information content (AvgIpc) is 2.88. The normalized spacial score (nSPS) is 20.0. The third-order valence-electron chi connectivity index (χ3n) is 4.22. The Kier molecular flexibility index (Phi) is 4.62. The predicted octanol–water partition coefficient (Wildman–Crippen LogP) is 2.22. The zero-order valence-corrected chi connectivity index (χ0v) is 14.3. The molecule has 126 valence electrons. The molecule has 1 N–H and O–H groups in total. The molecule has 1 saturated heterocycles. The van der Waals surface area contributed by atoms with Crippen LogP contribution < -0.4 is 14.8 Å². The van der Waals surface area contributed by atoms with E-state index in [1.807, 2.05) is 6.92 Å². The van der Waals surface area contributed by atoms with Crippen LogP contribution >= 0.6 is 12.6 Å². The Labute approximate surface area is 145 Å². The van der Waals surface area contributed by atoms with Gasteiger partial charge in [-0.3, -0.25) is 9.59 Å². The topological polar surface area (TPSA) is 77.5 Å². The maximum Gasteiger partial charge on any atom is 0.221 e. The van der Waals surface area contributed by atoms with Crippen molar-refractivity contribution >= 4 is 34.4 Å². The fourth-order valence-corrected chi connectivity index (χ4v) is 3.02. The van der Waals surface area contributed by atoms with Gasteiger partial charge in [0.25, 0.3) is 0 Å². The number of amides is 1. The van der Waals surface area contributed by atoms with Gasteiger partial charge in [0.2, 0.25) is 16.9 Å². The van der Waals surface area contributed by atoms with Crippen molar-refractivity contribution in [3.05, 3.63) is 30.0 Å². The number of nitrogens with one attached hydrogen (secondary N) is 1. The molecule has 1 fully saturated rings. The van der Waals surface area contributed by atoms with Crippen molar-refractivity contribution in [2.45, 2.75) is 19.4 Å². The van der Waals surface area contributed by atoms with Crippen molar-refractivity contribution in [2.24, 2.45) is 5.92 Å². The van der Waals surface area contributed by atoms with E-state index in [-0.39, 0.29) is 23.0 Å². The Morgan fingerprint density at radius 2 is 2.25 bits per heavy atom. The highest BCUT2D eigenvalue weighted by molar-refractivity contribution is 7.97. The van der Waals surface area contributed by atoms with Gasteiger partial charge in [0, 0.05) is 18.0 Å². The Bertz CT molecular complexity index is 809. The molecule has 0 spiro atoms. The predicted molar refractivity (Wildman–Crippen MR) is 92.8 cm³/mol. The van der Waals surface area contributed by atoms with Crippen LogP contribution in [0.4, 0.5) is 0 Å². The number of benzene rings is 1. The van der Waals surface area contributed by atoms with Crippen molar-refractivity contribution < 1.29 is 19.1 Å². The largest absolute Gasteiger partial charge is 0.496 e. The number of thiol groups is 1. The zero-order chi connectivity index (χ0) is 17.3. The van der Waals surface area contributed by atoms with Crippen LogP contribution in [0.1, 0.15) is 23.7 Å². The number of hydrogen-bond donors (Lipinski definition) is 2. The molecule has 1 unspecified atom stereocenters. The van der Waals surface area contributed by atoms with Crippen LogP contribution in [0, 0.1) is 5.92 Å². The van der Waals surface area contributed by atoms with Gasteiger partial charge in [-0.2, -0.15) is 0 Å². The lowest BCUT2D eigenvalue weighted by Crippen LogP contribution is -2.34. The molecule has 2 heterocycles. The van der Waals surface area contributed by atoms with Gasteiger partial charge >= 0.3 is 0 Å². The molecule has 0 bridgehead atoms. The summed E-state index contributed by atoms with van der Waals surface area (Å²) in [5, 5.41) is 4.08. The molecule has 2 atom stereocenters. The molecule has 1 amide bonds. The molecule has 3 rings (SSSR count). The van der Waals surface area contributed by atoms with Crippen molar-refractivity contribution in [1.29, 1.82) is 0 Å². The summed E-state index contributed by atoms with van der Waals surface area (Å²) in [6.45, 7) is 2.35. The quantitative estimate of drug-likeness (QED) is 0.812. The summed E-state index contributed by atoms with van der Waals surface area (Å²) in [5.74, 6) is 1.12. The summed E-state index contributed by atoms with van der Waals surface area (Å²) in [6.07, 6.45) is 2.13. The van der Waals surface area contributed by atoms with Gasteiger partial charge in [-0.05, 0) is 29.5 Å². The maximum atomic E-state index is 11.6. The summed E-state index contributed by atoms with van der Waals surface area (Å²) in [7, 11) is 1.49. The first-order valence-corrected chi connectivity index (χ1v) is 8.06. The van der Waals surface area contributed by atoms with Gasteiger partial charge in [-0.25, -0.2) is 4.98 Å². The first kappa shape index (κ1) is 16.6. The number of nitrogens with zero attached hydrogens (tertiary/aromatic N) is 1. The Balaban J connectivity index is 1.91. The van der Waals surface area contributed by atoms with Crippen LogP contribution in [0.25, 0.3) is 10.8 Å². The van der Waals surface area contributed by atoms with E-state index in [1.54, 1.807) is 24.4 Å². The SMILES string of the molecule is COc1cc2c(OC[C@H]3NC(=O)CC3C)nccc2cc1C(=O)S. The highest BCUT2D eigenvalue weighted by Gasteiger charge is 2.29. The second-order valence-electron chi connectivity index (χ2n) is 5.86. The van der Waals surface area contributed by atoms with Gasteiger partial charge in [-0.1, -0.05) is 6.92 Å². The minimum atomic E-state index is -0.365. The Morgan fingerprint density at radius 1 is 1.46 bits per heavy atom.